The van der Waals surface area contributed by atoms with E-state index in [-0.39, 0.29) is 11.7 Å². The minimum Gasteiger partial charge on any atom is -0.348 e. The van der Waals surface area contributed by atoms with Gasteiger partial charge in [0.1, 0.15) is 10.7 Å². The highest BCUT2D eigenvalue weighted by atomic mass is 35.5. The van der Waals surface area contributed by atoms with Gasteiger partial charge in [-0.3, -0.25) is 9.48 Å². The van der Waals surface area contributed by atoms with Crippen molar-refractivity contribution in [2.24, 2.45) is 24.8 Å². The van der Waals surface area contributed by atoms with Crippen LogP contribution in [0.4, 0.5) is 13.2 Å². The van der Waals surface area contributed by atoms with Gasteiger partial charge in [0.05, 0.1) is 0 Å². The van der Waals surface area contributed by atoms with Crippen LogP contribution in [0.3, 0.4) is 0 Å². The van der Waals surface area contributed by atoms with E-state index in [1.165, 1.54) is 26.3 Å². The molecule has 4 unspecified atom stereocenters. The number of aromatic nitrogens is 2. The second kappa shape index (κ2) is 5.69. The Kier molecular flexibility index (Phi) is 4.11. The number of hydrogen-bond donors (Lipinski definition) is 1. The molecule has 2 bridgehead atoms. The van der Waals surface area contributed by atoms with E-state index in [1.54, 1.807) is 0 Å². The van der Waals surface area contributed by atoms with E-state index in [2.05, 4.69) is 10.4 Å². The van der Waals surface area contributed by atoms with E-state index in [0.717, 1.165) is 17.0 Å². The molecule has 0 aliphatic heterocycles. The Morgan fingerprint density at radius 1 is 1.39 bits per heavy atom. The highest BCUT2D eigenvalue weighted by molar-refractivity contribution is 6.34. The average Bonchev–Trinajstić information content (AvgIpc) is 3.12. The van der Waals surface area contributed by atoms with Crippen LogP contribution in [0, 0.1) is 17.8 Å². The molecule has 1 aromatic heterocycles. The molecule has 23 heavy (non-hydrogen) atoms. The highest BCUT2D eigenvalue weighted by Gasteiger charge is 2.43. The van der Waals surface area contributed by atoms with Gasteiger partial charge in [0.15, 0.2) is 5.69 Å². The fourth-order valence-electron chi connectivity index (χ4n) is 4.21. The van der Waals surface area contributed by atoms with Crippen molar-refractivity contribution in [3.63, 3.8) is 0 Å². The Bertz CT molecular complexity index is 628. The number of halogens is 4. The van der Waals surface area contributed by atoms with Gasteiger partial charge in [-0.1, -0.05) is 18.0 Å². The second-order valence-electron chi connectivity index (χ2n) is 6.73. The number of amides is 1. The number of fused-ring (bicyclic) bond motifs is 2. The predicted molar refractivity (Wildman–Crippen MR) is 79.1 cm³/mol. The summed E-state index contributed by atoms with van der Waals surface area (Å²) >= 11 is 5.75. The Morgan fingerprint density at radius 3 is 2.57 bits per heavy atom. The van der Waals surface area contributed by atoms with Gasteiger partial charge < -0.3 is 5.32 Å². The predicted octanol–water partition coefficient (Wildman–Crippen LogP) is 3.65. The summed E-state index contributed by atoms with van der Waals surface area (Å²) in [6.45, 7) is 1.91. The maximum Gasteiger partial charge on any atom is 0.436 e. The molecule has 1 aromatic rings. The summed E-state index contributed by atoms with van der Waals surface area (Å²) in [5, 5.41) is 5.52. The maximum absolute atomic E-state index is 12.8. The summed E-state index contributed by atoms with van der Waals surface area (Å²) in [6.07, 6.45) is 0.0444. The van der Waals surface area contributed by atoms with E-state index < -0.39 is 22.8 Å². The van der Waals surface area contributed by atoms with E-state index >= 15 is 0 Å². The average molecular weight is 350 g/mol. The van der Waals surface area contributed by atoms with E-state index in [0.29, 0.717) is 11.8 Å². The molecule has 1 amide bonds. The lowest BCUT2D eigenvalue weighted by Crippen LogP contribution is -2.40. The number of hydrogen-bond acceptors (Lipinski definition) is 2. The fraction of sp³-hybridized carbons (Fsp3) is 0.733. The molecule has 8 heteroatoms. The molecule has 1 heterocycles. The minimum atomic E-state index is -4.68. The Hall–Kier alpha value is -1.24. The molecule has 2 fully saturated rings. The van der Waals surface area contributed by atoms with Crippen LogP contribution in [0.2, 0.25) is 5.02 Å². The molecule has 128 valence electrons. The monoisotopic (exact) mass is 349 g/mol. The molecule has 0 saturated heterocycles. The van der Waals surface area contributed by atoms with Crippen molar-refractivity contribution in [2.75, 3.05) is 0 Å². The van der Waals surface area contributed by atoms with Gasteiger partial charge in [-0.2, -0.15) is 18.3 Å². The summed E-state index contributed by atoms with van der Waals surface area (Å²) < 4.78 is 39.4. The molecule has 4 nitrogen and oxygen atoms in total. The van der Waals surface area contributed by atoms with Crippen LogP contribution in [0.25, 0.3) is 0 Å². The number of nitrogens with zero attached hydrogens (tertiary/aromatic N) is 2. The molecule has 2 saturated carbocycles. The lowest BCUT2D eigenvalue weighted by molar-refractivity contribution is -0.141. The largest absolute Gasteiger partial charge is 0.436 e. The molecular weight excluding hydrogens is 331 g/mol. The van der Waals surface area contributed by atoms with Crippen LogP contribution in [0.1, 0.15) is 48.8 Å². The molecule has 3 rings (SSSR count). The molecule has 0 spiro atoms. The van der Waals surface area contributed by atoms with Crippen LogP contribution in [-0.2, 0) is 13.2 Å². The van der Waals surface area contributed by atoms with Crippen molar-refractivity contribution in [3.8, 4) is 0 Å². The lowest BCUT2D eigenvalue weighted by Gasteiger charge is -2.28. The number of carbonyl (C=O) groups excluding carboxylic acids is 1. The topological polar surface area (TPSA) is 46.9 Å². The molecule has 2 aliphatic carbocycles. The molecule has 0 aromatic carbocycles. The van der Waals surface area contributed by atoms with Crippen molar-refractivity contribution in [1.82, 2.24) is 15.1 Å². The molecular formula is C15H19ClF3N3O. The van der Waals surface area contributed by atoms with Crippen LogP contribution in [0.15, 0.2) is 0 Å². The lowest BCUT2D eigenvalue weighted by atomic mass is 9.84. The molecule has 2 aliphatic rings. The van der Waals surface area contributed by atoms with Crippen molar-refractivity contribution in [3.05, 3.63) is 16.4 Å². The Labute approximate surface area is 137 Å². The number of carbonyl (C=O) groups is 1. The minimum absolute atomic E-state index is 0.0851. The first-order chi connectivity index (χ1) is 10.7. The van der Waals surface area contributed by atoms with Gasteiger partial charge in [-0.25, -0.2) is 0 Å². The van der Waals surface area contributed by atoms with Gasteiger partial charge in [0, 0.05) is 13.1 Å². The smallest absolute Gasteiger partial charge is 0.348 e. The van der Waals surface area contributed by atoms with E-state index in [1.807, 2.05) is 6.92 Å². The zero-order valence-corrected chi connectivity index (χ0v) is 13.7. The summed E-state index contributed by atoms with van der Waals surface area (Å²) in [6, 6.07) is -0.0851. The SMILES string of the molecule is CC(NC(=O)c1c(Cl)c(C(F)(F)F)nn1C)C1CC2CCC1C2. The van der Waals surface area contributed by atoms with E-state index in [4.69, 9.17) is 11.6 Å². The first-order valence-electron chi connectivity index (χ1n) is 7.79. The normalized spacial score (nSPS) is 28.2. The summed E-state index contributed by atoms with van der Waals surface area (Å²) in [7, 11) is 1.29. The zero-order valence-electron chi connectivity index (χ0n) is 13.0. The summed E-state index contributed by atoms with van der Waals surface area (Å²) in [5.41, 5.74) is -1.46. The van der Waals surface area contributed by atoms with Crippen molar-refractivity contribution in [2.45, 2.75) is 44.8 Å². The van der Waals surface area contributed by atoms with Gasteiger partial charge >= 0.3 is 6.18 Å². The Balaban J connectivity index is 1.75. The number of aryl methyl sites for hydroxylation is 1. The number of alkyl halides is 3. The third-order valence-electron chi connectivity index (χ3n) is 5.27. The Morgan fingerprint density at radius 2 is 2.09 bits per heavy atom. The van der Waals surface area contributed by atoms with Crippen LogP contribution < -0.4 is 5.32 Å². The third-order valence-corrected chi connectivity index (χ3v) is 5.62. The molecule has 0 radical (unpaired) electrons. The van der Waals surface area contributed by atoms with Crippen molar-refractivity contribution < 1.29 is 18.0 Å². The van der Waals surface area contributed by atoms with Gasteiger partial charge in [0.2, 0.25) is 0 Å². The third kappa shape index (κ3) is 2.95. The molecule has 4 atom stereocenters. The van der Waals surface area contributed by atoms with Crippen LogP contribution in [-0.4, -0.2) is 21.7 Å². The maximum atomic E-state index is 12.8. The van der Waals surface area contributed by atoms with Crippen LogP contribution in [0.5, 0.6) is 0 Å². The zero-order chi connectivity index (χ0) is 16.9. The first kappa shape index (κ1) is 16.6. The summed E-state index contributed by atoms with van der Waals surface area (Å²) in [4.78, 5) is 12.4. The van der Waals surface area contributed by atoms with Gasteiger partial charge in [-0.05, 0) is 43.9 Å². The quantitative estimate of drug-likeness (QED) is 0.905. The first-order valence-corrected chi connectivity index (χ1v) is 8.16. The van der Waals surface area contributed by atoms with Gasteiger partial charge in [-0.15, -0.1) is 0 Å². The molecule has 1 N–H and O–H groups in total. The van der Waals surface area contributed by atoms with Crippen molar-refractivity contribution >= 4 is 17.5 Å². The van der Waals surface area contributed by atoms with Crippen LogP contribution >= 0.6 is 11.6 Å². The van der Waals surface area contributed by atoms with Crippen molar-refractivity contribution in [1.29, 1.82) is 0 Å². The summed E-state index contributed by atoms with van der Waals surface area (Å²) in [5.74, 6) is 1.15. The fourth-order valence-corrected chi connectivity index (χ4v) is 4.57. The van der Waals surface area contributed by atoms with Gasteiger partial charge in [0.25, 0.3) is 5.91 Å². The number of nitrogens with one attached hydrogen (secondary N) is 1. The number of rotatable bonds is 3. The standard InChI is InChI=1S/C15H19ClF3N3O/c1-7(10-6-8-3-4-9(10)5-8)20-14(23)12-11(16)13(15(17,18)19)21-22(12)2/h7-10H,3-6H2,1-2H3,(H,20,23). The highest BCUT2D eigenvalue weighted by Crippen LogP contribution is 2.49. The van der Waals surface area contributed by atoms with E-state index in [9.17, 15) is 18.0 Å². The second-order valence-corrected chi connectivity index (χ2v) is 7.11.